The Balaban J connectivity index is 1.52. The highest BCUT2D eigenvalue weighted by Gasteiger charge is 2.31. The van der Waals surface area contributed by atoms with Crippen LogP contribution in [0, 0.1) is 0 Å². The monoisotopic (exact) mass is 522 g/mol. The fourth-order valence-corrected chi connectivity index (χ4v) is 4.84. The van der Waals surface area contributed by atoms with Crippen LogP contribution >= 0.6 is 0 Å². The van der Waals surface area contributed by atoms with Crippen molar-refractivity contribution in [3.63, 3.8) is 0 Å². The van der Waals surface area contributed by atoms with Crippen LogP contribution in [-0.4, -0.2) is 23.4 Å². The van der Waals surface area contributed by atoms with Gasteiger partial charge in [0, 0.05) is 23.2 Å². The Morgan fingerprint density at radius 3 is 2.38 bits per heavy atom. The average Bonchev–Trinajstić information content (AvgIpc) is 2.90. The van der Waals surface area contributed by atoms with Gasteiger partial charge in [-0.3, -0.25) is 4.72 Å². The first-order valence-electron chi connectivity index (χ1n) is 10.8. The van der Waals surface area contributed by atoms with Gasteiger partial charge in [-0.2, -0.15) is 13.2 Å². The molecule has 0 saturated heterocycles. The number of anilines is 1. The van der Waals surface area contributed by atoms with E-state index in [2.05, 4.69) is 19.7 Å². The molecule has 7 nitrogen and oxygen atoms in total. The maximum absolute atomic E-state index is 13.1. The molecule has 5 aromatic rings. The quantitative estimate of drug-likeness (QED) is 0.281. The number of benzene rings is 3. The summed E-state index contributed by atoms with van der Waals surface area (Å²) in [6.45, 7) is 0. The number of rotatable bonds is 6. The first-order chi connectivity index (χ1) is 17.7. The molecule has 0 spiro atoms. The molecule has 0 atom stereocenters. The minimum atomic E-state index is -4.67. The van der Waals surface area contributed by atoms with E-state index in [9.17, 15) is 21.6 Å². The summed E-state index contributed by atoms with van der Waals surface area (Å²) in [5.74, 6) is 0.676. The third-order valence-electron chi connectivity index (χ3n) is 5.44. The van der Waals surface area contributed by atoms with Gasteiger partial charge < -0.3 is 4.74 Å². The minimum absolute atomic E-state index is 0.178. The zero-order chi connectivity index (χ0) is 26.0. The standard InChI is InChI=1S/C26H17F3N4O3S/c27-26(28,29)17-5-3-6-18(15-17)37(34,35)33-23-10-11-24(20-8-2-1-7-19(20)23)36-25-21(9-4-13-31-25)22-12-14-30-16-32-22/h1-16,33H. The summed E-state index contributed by atoms with van der Waals surface area (Å²) in [7, 11) is -4.32. The lowest BCUT2D eigenvalue weighted by Gasteiger charge is -2.15. The van der Waals surface area contributed by atoms with Crippen molar-refractivity contribution in [3.8, 4) is 22.9 Å². The van der Waals surface area contributed by atoms with Crippen molar-refractivity contribution in [1.29, 1.82) is 0 Å². The fourth-order valence-electron chi connectivity index (χ4n) is 3.71. The Bertz CT molecular complexity index is 1700. The summed E-state index contributed by atoms with van der Waals surface area (Å²) in [6.07, 6.45) is -0.0975. The molecule has 0 bridgehead atoms. The molecule has 2 heterocycles. The van der Waals surface area contributed by atoms with Gasteiger partial charge in [0.25, 0.3) is 10.0 Å². The van der Waals surface area contributed by atoms with E-state index >= 15 is 0 Å². The molecule has 37 heavy (non-hydrogen) atoms. The molecule has 0 unspecified atom stereocenters. The van der Waals surface area contributed by atoms with Crippen molar-refractivity contribution in [2.24, 2.45) is 0 Å². The van der Waals surface area contributed by atoms with Crippen molar-refractivity contribution in [2.45, 2.75) is 11.1 Å². The summed E-state index contributed by atoms with van der Waals surface area (Å²) >= 11 is 0. The van der Waals surface area contributed by atoms with Crippen molar-refractivity contribution in [3.05, 3.63) is 103 Å². The van der Waals surface area contributed by atoms with Crippen LogP contribution in [0.3, 0.4) is 0 Å². The van der Waals surface area contributed by atoms with E-state index < -0.39 is 26.7 Å². The number of aromatic nitrogens is 3. The number of halogens is 3. The highest BCUT2D eigenvalue weighted by Crippen LogP contribution is 2.37. The molecule has 0 aliphatic rings. The minimum Gasteiger partial charge on any atom is -0.438 e. The van der Waals surface area contributed by atoms with Gasteiger partial charge in [-0.15, -0.1) is 0 Å². The fraction of sp³-hybridized carbons (Fsp3) is 0.0385. The molecule has 3 aromatic carbocycles. The second-order valence-electron chi connectivity index (χ2n) is 7.84. The molecule has 5 rings (SSSR count). The van der Waals surface area contributed by atoms with E-state index in [4.69, 9.17) is 4.74 Å². The molecule has 0 amide bonds. The molecule has 0 fully saturated rings. The van der Waals surface area contributed by atoms with E-state index in [1.165, 1.54) is 12.4 Å². The lowest BCUT2D eigenvalue weighted by Crippen LogP contribution is -2.15. The predicted octanol–water partition coefficient (Wildman–Crippen LogP) is 6.30. The van der Waals surface area contributed by atoms with Gasteiger partial charge in [0.15, 0.2) is 0 Å². The van der Waals surface area contributed by atoms with E-state index in [-0.39, 0.29) is 11.6 Å². The van der Waals surface area contributed by atoms with Crippen molar-refractivity contribution in [2.75, 3.05) is 4.72 Å². The number of hydrogen-bond acceptors (Lipinski definition) is 6. The zero-order valence-electron chi connectivity index (χ0n) is 18.8. The molecule has 0 aliphatic carbocycles. The highest BCUT2D eigenvalue weighted by molar-refractivity contribution is 7.92. The molecule has 186 valence electrons. The Kier molecular flexibility index (Phi) is 6.22. The number of nitrogens with zero attached hydrogens (tertiary/aromatic N) is 3. The molecule has 1 N–H and O–H groups in total. The summed E-state index contributed by atoms with van der Waals surface area (Å²) < 4.78 is 73.8. The summed E-state index contributed by atoms with van der Waals surface area (Å²) in [4.78, 5) is 12.0. The number of hydrogen-bond donors (Lipinski definition) is 1. The van der Waals surface area contributed by atoms with E-state index in [0.717, 1.165) is 18.2 Å². The average molecular weight is 523 g/mol. The van der Waals surface area contributed by atoms with Crippen LogP contribution in [-0.2, 0) is 16.2 Å². The van der Waals surface area contributed by atoms with E-state index in [0.29, 0.717) is 33.8 Å². The topological polar surface area (TPSA) is 94.1 Å². The Labute approximate surface area is 209 Å². The SMILES string of the molecule is O=S(=O)(Nc1ccc(Oc2ncccc2-c2ccncn2)c2ccccc12)c1cccc(C(F)(F)F)c1. The molecular formula is C26H17F3N4O3S. The van der Waals surface area contributed by atoms with E-state index in [1.54, 1.807) is 60.9 Å². The molecular weight excluding hydrogens is 505 g/mol. The van der Waals surface area contributed by atoms with Crippen LogP contribution in [0.25, 0.3) is 22.0 Å². The van der Waals surface area contributed by atoms with Gasteiger partial charge in [-0.1, -0.05) is 30.3 Å². The predicted molar refractivity (Wildman–Crippen MR) is 132 cm³/mol. The first kappa shape index (κ1) is 24.2. The van der Waals surface area contributed by atoms with Crippen molar-refractivity contribution >= 4 is 26.5 Å². The molecule has 0 saturated carbocycles. The number of pyridine rings is 1. The van der Waals surface area contributed by atoms with Gasteiger partial charge in [-0.25, -0.2) is 23.4 Å². The maximum atomic E-state index is 13.1. The smallest absolute Gasteiger partial charge is 0.416 e. The van der Waals surface area contributed by atoms with E-state index in [1.807, 2.05) is 0 Å². The van der Waals surface area contributed by atoms with Crippen molar-refractivity contribution < 1.29 is 26.3 Å². The third-order valence-corrected chi connectivity index (χ3v) is 6.80. The maximum Gasteiger partial charge on any atom is 0.416 e. The van der Waals surface area contributed by atoms with Crippen LogP contribution in [0.1, 0.15) is 5.56 Å². The Morgan fingerprint density at radius 2 is 1.62 bits per heavy atom. The largest absolute Gasteiger partial charge is 0.438 e. The normalized spacial score (nSPS) is 11.9. The number of fused-ring (bicyclic) bond motifs is 1. The Hall–Kier alpha value is -4.51. The molecule has 11 heteroatoms. The van der Waals surface area contributed by atoms with Crippen LogP contribution in [0.2, 0.25) is 0 Å². The molecule has 0 aliphatic heterocycles. The number of sulfonamides is 1. The number of ether oxygens (including phenoxy) is 1. The first-order valence-corrected chi connectivity index (χ1v) is 12.3. The summed E-state index contributed by atoms with van der Waals surface area (Å²) in [6, 6.07) is 18.7. The van der Waals surface area contributed by atoms with Crippen LogP contribution in [0.4, 0.5) is 18.9 Å². The van der Waals surface area contributed by atoms with Crippen molar-refractivity contribution in [1.82, 2.24) is 15.0 Å². The lowest BCUT2D eigenvalue weighted by atomic mass is 10.1. The van der Waals surface area contributed by atoms with Gasteiger partial charge in [0.1, 0.15) is 12.1 Å². The highest BCUT2D eigenvalue weighted by atomic mass is 32.2. The van der Waals surface area contributed by atoms with Gasteiger partial charge in [0.2, 0.25) is 5.88 Å². The lowest BCUT2D eigenvalue weighted by molar-refractivity contribution is -0.137. The Morgan fingerprint density at radius 1 is 0.811 bits per heavy atom. The van der Waals surface area contributed by atoms with Gasteiger partial charge in [-0.05, 0) is 48.5 Å². The van der Waals surface area contributed by atoms with Gasteiger partial charge in [0.05, 0.1) is 27.4 Å². The van der Waals surface area contributed by atoms with Crippen LogP contribution in [0.5, 0.6) is 11.6 Å². The van der Waals surface area contributed by atoms with Gasteiger partial charge >= 0.3 is 6.18 Å². The number of alkyl halides is 3. The zero-order valence-corrected chi connectivity index (χ0v) is 19.7. The number of nitrogens with one attached hydrogen (secondary N) is 1. The second kappa shape index (κ2) is 9.51. The van der Waals surface area contributed by atoms with Crippen LogP contribution < -0.4 is 9.46 Å². The summed E-state index contributed by atoms with van der Waals surface area (Å²) in [5, 5.41) is 1.04. The summed E-state index contributed by atoms with van der Waals surface area (Å²) in [5.41, 5.74) is 0.354. The second-order valence-corrected chi connectivity index (χ2v) is 9.52. The molecule has 2 aromatic heterocycles. The molecule has 0 radical (unpaired) electrons. The van der Waals surface area contributed by atoms with Crippen LogP contribution in [0.15, 0.2) is 102 Å². The third kappa shape index (κ3) is 5.07.